The number of para-hydroxylation sites is 2. The maximum absolute atomic E-state index is 12.2. The van der Waals surface area contributed by atoms with E-state index in [0.717, 1.165) is 28.2 Å². The predicted molar refractivity (Wildman–Crippen MR) is 98.7 cm³/mol. The molecule has 1 aromatic heterocycles. The second-order valence-electron chi connectivity index (χ2n) is 6.22. The Morgan fingerprint density at radius 1 is 1.20 bits per heavy atom. The summed E-state index contributed by atoms with van der Waals surface area (Å²) in [6.07, 6.45) is 0.304. The van der Waals surface area contributed by atoms with Gasteiger partial charge in [0.25, 0.3) is 0 Å². The van der Waals surface area contributed by atoms with Crippen LogP contribution < -0.4 is 10.1 Å². The minimum atomic E-state index is -0.180. The van der Waals surface area contributed by atoms with Crippen LogP contribution in [0.3, 0.4) is 0 Å². The number of ether oxygens (including phenoxy) is 1. The van der Waals surface area contributed by atoms with Crippen molar-refractivity contribution in [3.05, 3.63) is 59.4 Å². The zero-order chi connectivity index (χ0) is 17.8. The van der Waals surface area contributed by atoms with Crippen LogP contribution in [0, 0.1) is 13.8 Å². The fourth-order valence-electron chi connectivity index (χ4n) is 2.69. The highest BCUT2D eigenvalue weighted by Crippen LogP contribution is 2.20. The number of fused-ring (bicyclic) bond motifs is 1. The molecule has 2 N–H and O–H groups in total. The van der Waals surface area contributed by atoms with Crippen molar-refractivity contribution in [2.24, 2.45) is 0 Å². The van der Waals surface area contributed by atoms with Crippen molar-refractivity contribution >= 4 is 16.9 Å². The standard InChI is InChI=1S/C20H23N3O2/c1-13-7-6-10-18(14(13)2)25-12-11-19(24)21-15(3)20-22-16-8-4-5-9-17(16)23-20/h4-10,15H,11-12H2,1-3H3,(H,21,24)(H,22,23). The first-order valence-electron chi connectivity index (χ1n) is 8.47. The Bertz CT molecular complexity index is 853. The van der Waals surface area contributed by atoms with Gasteiger partial charge in [-0.3, -0.25) is 4.79 Å². The SMILES string of the molecule is Cc1cccc(OCCC(=O)NC(C)c2nc3ccccc3[nH]2)c1C. The average Bonchev–Trinajstić information content (AvgIpc) is 3.03. The van der Waals surface area contributed by atoms with Crippen LogP contribution in [0.4, 0.5) is 0 Å². The summed E-state index contributed by atoms with van der Waals surface area (Å²) in [4.78, 5) is 19.9. The van der Waals surface area contributed by atoms with Crippen LogP contribution in [0.2, 0.25) is 0 Å². The van der Waals surface area contributed by atoms with Crippen LogP contribution in [-0.2, 0) is 4.79 Å². The van der Waals surface area contributed by atoms with E-state index in [1.54, 1.807) is 0 Å². The molecule has 0 radical (unpaired) electrons. The number of imidazole rings is 1. The van der Waals surface area contributed by atoms with E-state index < -0.39 is 0 Å². The minimum absolute atomic E-state index is 0.0572. The van der Waals surface area contributed by atoms with E-state index >= 15 is 0 Å². The fraction of sp³-hybridized carbons (Fsp3) is 0.300. The van der Waals surface area contributed by atoms with E-state index in [9.17, 15) is 4.79 Å². The molecule has 0 saturated heterocycles. The van der Waals surface area contributed by atoms with E-state index in [1.807, 2.05) is 63.2 Å². The molecule has 0 aliphatic heterocycles. The number of carbonyl (C=O) groups is 1. The van der Waals surface area contributed by atoms with Gasteiger partial charge in [0.2, 0.25) is 5.91 Å². The molecule has 25 heavy (non-hydrogen) atoms. The Labute approximate surface area is 147 Å². The zero-order valence-electron chi connectivity index (χ0n) is 14.8. The number of aryl methyl sites for hydroxylation is 1. The lowest BCUT2D eigenvalue weighted by atomic mass is 10.1. The number of nitrogens with zero attached hydrogens (tertiary/aromatic N) is 1. The molecule has 3 aromatic rings. The van der Waals surface area contributed by atoms with Gasteiger partial charge < -0.3 is 15.0 Å². The number of aromatic amines is 1. The molecular formula is C20H23N3O2. The van der Waals surface area contributed by atoms with Crippen LogP contribution in [0.15, 0.2) is 42.5 Å². The molecule has 0 bridgehead atoms. The van der Waals surface area contributed by atoms with Crippen molar-refractivity contribution < 1.29 is 9.53 Å². The molecule has 5 nitrogen and oxygen atoms in total. The molecule has 0 fully saturated rings. The van der Waals surface area contributed by atoms with Gasteiger partial charge in [-0.15, -0.1) is 0 Å². The molecule has 0 aliphatic rings. The zero-order valence-corrected chi connectivity index (χ0v) is 14.8. The summed E-state index contributed by atoms with van der Waals surface area (Å²) >= 11 is 0. The average molecular weight is 337 g/mol. The lowest BCUT2D eigenvalue weighted by molar-refractivity contribution is -0.122. The van der Waals surface area contributed by atoms with Crippen molar-refractivity contribution in [2.45, 2.75) is 33.2 Å². The van der Waals surface area contributed by atoms with Crippen molar-refractivity contribution in [3.8, 4) is 5.75 Å². The van der Waals surface area contributed by atoms with Gasteiger partial charge in [0, 0.05) is 0 Å². The number of nitrogens with one attached hydrogen (secondary N) is 2. The van der Waals surface area contributed by atoms with Crippen LogP contribution in [0.25, 0.3) is 11.0 Å². The van der Waals surface area contributed by atoms with E-state index in [0.29, 0.717) is 13.0 Å². The number of benzene rings is 2. The van der Waals surface area contributed by atoms with Crippen LogP contribution >= 0.6 is 0 Å². The van der Waals surface area contributed by atoms with Gasteiger partial charge in [0.15, 0.2) is 0 Å². The van der Waals surface area contributed by atoms with Crippen molar-refractivity contribution in [1.82, 2.24) is 15.3 Å². The van der Waals surface area contributed by atoms with Gasteiger partial charge in [-0.25, -0.2) is 4.98 Å². The van der Waals surface area contributed by atoms with E-state index in [1.165, 1.54) is 5.56 Å². The summed E-state index contributed by atoms with van der Waals surface area (Å²) in [6, 6.07) is 13.6. The Balaban J connectivity index is 1.52. The third-order valence-corrected chi connectivity index (χ3v) is 4.34. The van der Waals surface area contributed by atoms with Crippen molar-refractivity contribution in [2.75, 3.05) is 6.61 Å². The molecule has 0 aliphatic carbocycles. The van der Waals surface area contributed by atoms with Crippen molar-refractivity contribution in [1.29, 1.82) is 0 Å². The normalized spacial score (nSPS) is 12.1. The highest BCUT2D eigenvalue weighted by atomic mass is 16.5. The number of amides is 1. The molecule has 2 aromatic carbocycles. The summed E-state index contributed by atoms with van der Waals surface area (Å²) in [7, 11) is 0. The molecule has 0 saturated carbocycles. The Hall–Kier alpha value is -2.82. The molecular weight excluding hydrogens is 314 g/mol. The third-order valence-electron chi connectivity index (χ3n) is 4.34. The Kier molecular flexibility index (Phi) is 5.03. The predicted octanol–water partition coefficient (Wildman–Crippen LogP) is 3.83. The maximum Gasteiger partial charge on any atom is 0.224 e. The monoisotopic (exact) mass is 337 g/mol. The maximum atomic E-state index is 12.2. The second kappa shape index (κ2) is 7.38. The molecule has 1 atom stereocenters. The van der Waals surface area contributed by atoms with Crippen LogP contribution in [0.1, 0.15) is 36.3 Å². The first-order valence-corrected chi connectivity index (χ1v) is 8.47. The number of hydrogen-bond acceptors (Lipinski definition) is 3. The van der Waals surface area contributed by atoms with E-state index in [-0.39, 0.29) is 11.9 Å². The third kappa shape index (κ3) is 3.99. The number of aromatic nitrogens is 2. The second-order valence-corrected chi connectivity index (χ2v) is 6.22. The number of hydrogen-bond donors (Lipinski definition) is 2. The fourth-order valence-corrected chi connectivity index (χ4v) is 2.69. The quantitative estimate of drug-likeness (QED) is 0.718. The summed E-state index contributed by atoms with van der Waals surface area (Å²) in [6.45, 7) is 6.34. The molecule has 1 amide bonds. The molecule has 0 spiro atoms. The largest absolute Gasteiger partial charge is 0.493 e. The van der Waals surface area contributed by atoms with Gasteiger partial charge in [0.1, 0.15) is 11.6 Å². The molecule has 1 unspecified atom stereocenters. The van der Waals surface area contributed by atoms with Gasteiger partial charge in [-0.2, -0.15) is 0 Å². The smallest absolute Gasteiger partial charge is 0.224 e. The lowest BCUT2D eigenvalue weighted by Gasteiger charge is -2.13. The van der Waals surface area contributed by atoms with Gasteiger partial charge >= 0.3 is 0 Å². The van der Waals surface area contributed by atoms with Gasteiger partial charge in [-0.1, -0.05) is 24.3 Å². The first kappa shape index (κ1) is 17.0. The summed E-state index contributed by atoms with van der Waals surface area (Å²) < 4.78 is 5.74. The van der Waals surface area contributed by atoms with Crippen LogP contribution in [0.5, 0.6) is 5.75 Å². The summed E-state index contributed by atoms with van der Waals surface area (Å²) in [5, 5.41) is 2.96. The number of rotatable bonds is 6. The molecule has 3 rings (SSSR count). The number of H-pyrrole nitrogens is 1. The van der Waals surface area contributed by atoms with Crippen LogP contribution in [-0.4, -0.2) is 22.5 Å². The molecule has 130 valence electrons. The lowest BCUT2D eigenvalue weighted by Crippen LogP contribution is -2.28. The molecule has 1 heterocycles. The topological polar surface area (TPSA) is 67.0 Å². The minimum Gasteiger partial charge on any atom is -0.493 e. The van der Waals surface area contributed by atoms with Gasteiger partial charge in [-0.05, 0) is 50.1 Å². The van der Waals surface area contributed by atoms with Crippen molar-refractivity contribution in [3.63, 3.8) is 0 Å². The molecule has 5 heteroatoms. The highest BCUT2D eigenvalue weighted by Gasteiger charge is 2.13. The summed E-state index contributed by atoms with van der Waals surface area (Å²) in [5.41, 5.74) is 4.16. The van der Waals surface area contributed by atoms with E-state index in [4.69, 9.17) is 4.74 Å². The Morgan fingerprint density at radius 2 is 2.00 bits per heavy atom. The number of carbonyl (C=O) groups excluding carboxylic acids is 1. The Morgan fingerprint density at radius 3 is 2.80 bits per heavy atom. The first-order chi connectivity index (χ1) is 12.0. The van der Waals surface area contributed by atoms with E-state index in [2.05, 4.69) is 15.3 Å². The highest BCUT2D eigenvalue weighted by molar-refractivity contribution is 5.77. The summed E-state index contributed by atoms with van der Waals surface area (Å²) in [5.74, 6) is 1.53. The van der Waals surface area contributed by atoms with Gasteiger partial charge in [0.05, 0.1) is 30.1 Å².